The molecule has 0 aromatic carbocycles. The fourth-order valence-corrected chi connectivity index (χ4v) is 0. The predicted octanol–water partition coefficient (Wildman–Crippen LogP) is -0.475. The van der Waals surface area contributed by atoms with Crippen molar-refractivity contribution in [3.05, 3.63) is 0 Å². The molecule has 0 rings (SSSR count). The van der Waals surface area contributed by atoms with Gasteiger partial charge >= 0.3 is 35.6 Å². The molecule has 0 aromatic heterocycles. The number of hydrogen-bond acceptors (Lipinski definition) is 0. The van der Waals surface area contributed by atoms with Crippen molar-refractivity contribution < 1.29 is 57.5 Å². The summed E-state index contributed by atoms with van der Waals surface area (Å²) in [5.41, 5.74) is 0. The monoisotopic (exact) mass is 203 g/mol. The standard InChI is InChI=1S/La.4O/q+3;4*-2. The van der Waals surface area contributed by atoms with Gasteiger partial charge in [0, 0.05) is 0 Å². The Morgan fingerprint density at radius 1 is 0.400 bits per heavy atom. The molecular formula is LaO4-5. The zero-order valence-electron chi connectivity index (χ0n) is 2.21. The second-order valence-corrected chi connectivity index (χ2v) is 0. The maximum atomic E-state index is 0. The van der Waals surface area contributed by atoms with Crippen molar-refractivity contribution in [3.63, 3.8) is 0 Å². The van der Waals surface area contributed by atoms with Crippen molar-refractivity contribution in [3.8, 4) is 0 Å². The van der Waals surface area contributed by atoms with Gasteiger partial charge < -0.3 is 21.9 Å². The third-order valence-corrected chi connectivity index (χ3v) is 0. The van der Waals surface area contributed by atoms with Crippen LogP contribution in [0.5, 0.6) is 0 Å². The fourth-order valence-electron chi connectivity index (χ4n) is 0. The van der Waals surface area contributed by atoms with Gasteiger partial charge in [0.2, 0.25) is 0 Å². The molecule has 0 N–H and O–H groups in total. The molecule has 32 valence electrons. The Hall–Kier alpha value is 1.03. The average molecular weight is 203 g/mol. The summed E-state index contributed by atoms with van der Waals surface area (Å²) in [5.74, 6) is 0. The predicted molar refractivity (Wildman–Crippen MR) is 2.75 cm³/mol. The molecule has 0 aliphatic carbocycles. The molecule has 0 aliphatic rings. The van der Waals surface area contributed by atoms with E-state index in [1.54, 1.807) is 0 Å². The molecule has 0 aromatic rings. The molecule has 0 fully saturated rings. The van der Waals surface area contributed by atoms with E-state index in [2.05, 4.69) is 0 Å². The number of rotatable bonds is 0. The maximum Gasteiger partial charge on any atom is 3.00 e. The van der Waals surface area contributed by atoms with Crippen LogP contribution in [0, 0.1) is 35.6 Å². The van der Waals surface area contributed by atoms with Crippen LogP contribution >= 0.6 is 0 Å². The first-order chi connectivity index (χ1) is 0. The van der Waals surface area contributed by atoms with E-state index in [0.29, 0.717) is 0 Å². The quantitative estimate of drug-likeness (QED) is 0.506. The SMILES string of the molecule is [La+3].[O-2].[O-2].[O-2].[O-2]. The van der Waals surface area contributed by atoms with E-state index >= 15 is 0 Å². The summed E-state index contributed by atoms with van der Waals surface area (Å²) in [6.07, 6.45) is 0. The fraction of sp³-hybridized carbons (Fsp3) is 0. The topological polar surface area (TPSA) is 114 Å². The van der Waals surface area contributed by atoms with Crippen LogP contribution in [0.2, 0.25) is 0 Å². The number of hydrogen-bond donors (Lipinski definition) is 0. The summed E-state index contributed by atoms with van der Waals surface area (Å²) in [6, 6.07) is 0. The molecule has 0 saturated carbocycles. The summed E-state index contributed by atoms with van der Waals surface area (Å²) in [5, 5.41) is 0. The minimum atomic E-state index is 0. The molecule has 0 bridgehead atoms. The second kappa shape index (κ2) is 76.5. The molecule has 0 heterocycles. The van der Waals surface area contributed by atoms with Crippen molar-refractivity contribution in [1.29, 1.82) is 0 Å². The van der Waals surface area contributed by atoms with Gasteiger partial charge in [-0.05, 0) is 0 Å². The Bertz CT molecular complexity index is 3.61. The Labute approximate surface area is 57.4 Å². The van der Waals surface area contributed by atoms with Crippen LogP contribution < -0.4 is 0 Å². The van der Waals surface area contributed by atoms with Crippen molar-refractivity contribution in [1.82, 2.24) is 0 Å². The summed E-state index contributed by atoms with van der Waals surface area (Å²) in [4.78, 5) is 0. The van der Waals surface area contributed by atoms with E-state index in [1.165, 1.54) is 0 Å². The van der Waals surface area contributed by atoms with Gasteiger partial charge in [-0.15, -0.1) is 0 Å². The zero-order valence-corrected chi connectivity index (χ0v) is 5.84. The van der Waals surface area contributed by atoms with E-state index in [0.717, 1.165) is 0 Å². The van der Waals surface area contributed by atoms with Crippen LogP contribution in [0.3, 0.4) is 0 Å². The van der Waals surface area contributed by atoms with E-state index in [4.69, 9.17) is 0 Å². The van der Waals surface area contributed by atoms with Crippen LogP contribution in [0.25, 0.3) is 0 Å². The van der Waals surface area contributed by atoms with Crippen LogP contribution in [-0.2, 0) is 21.9 Å². The van der Waals surface area contributed by atoms with Gasteiger partial charge in [-0.3, -0.25) is 0 Å². The minimum absolute atomic E-state index is 0. The molecule has 4 nitrogen and oxygen atoms in total. The van der Waals surface area contributed by atoms with Gasteiger partial charge in [0.1, 0.15) is 0 Å². The Morgan fingerprint density at radius 3 is 0.400 bits per heavy atom. The molecule has 5 heavy (non-hydrogen) atoms. The van der Waals surface area contributed by atoms with Gasteiger partial charge in [0.05, 0.1) is 0 Å². The van der Waals surface area contributed by atoms with Crippen LogP contribution in [0.15, 0.2) is 0 Å². The van der Waals surface area contributed by atoms with Gasteiger partial charge in [0.15, 0.2) is 0 Å². The van der Waals surface area contributed by atoms with E-state index in [9.17, 15) is 0 Å². The molecule has 0 saturated heterocycles. The minimum Gasteiger partial charge on any atom is -2.00 e. The molecule has 0 spiro atoms. The molecule has 0 amide bonds. The first-order valence-corrected chi connectivity index (χ1v) is 0. The first kappa shape index (κ1) is 143. The van der Waals surface area contributed by atoms with Crippen molar-refractivity contribution in [2.75, 3.05) is 0 Å². The molecule has 0 aliphatic heterocycles. The van der Waals surface area contributed by atoms with Crippen molar-refractivity contribution >= 4 is 0 Å². The smallest absolute Gasteiger partial charge is 2.00 e. The van der Waals surface area contributed by atoms with E-state index < -0.39 is 0 Å². The largest absolute Gasteiger partial charge is 3.00 e. The van der Waals surface area contributed by atoms with E-state index in [1.807, 2.05) is 0 Å². The molecule has 0 unspecified atom stereocenters. The van der Waals surface area contributed by atoms with Crippen molar-refractivity contribution in [2.45, 2.75) is 0 Å². The Morgan fingerprint density at radius 2 is 0.400 bits per heavy atom. The third kappa shape index (κ3) is 43.3. The van der Waals surface area contributed by atoms with Crippen LogP contribution in [0.4, 0.5) is 0 Å². The second-order valence-electron chi connectivity index (χ2n) is 0. The third-order valence-electron chi connectivity index (χ3n) is 0. The van der Waals surface area contributed by atoms with Crippen molar-refractivity contribution in [2.24, 2.45) is 0 Å². The van der Waals surface area contributed by atoms with Gasteiger partial charge in [-0.25, -0.2) is 0 Å². The summed E-state index contributed by atoms with van der Waals surface area (Å²) < 4.78 is 0. The average Bonchev–Trinajstić information content (AvgIpc) is 0. The molecular weight excluding hydrogens is 203 g/mol. The van der Waals surface area contributed by atoms with Crippen LogP contribution in [0.1, 0.15) is 0 Å². The van der Waals surface area contributed by atoms with E-state index in [-0.39, 0.29) is 57.5 Å². The summed E-state index contributed by atoms with van der Waals surface area (Å²) in [6.45, 7) is 0. The molecule has 5 heteroatoms. The first-order valence-electron chi connectivity index (χ1n) is 0. The Balaban J connectivity index is 0. The normalized spacial score (nSPS) is 0. The van der Waals surface area contributed by atoms with Gasteiger partial charge in [0.25, 0.3) is 0 Å². The van der Waals surface area contributed by atoms with Gasteiger partial charge in [-0.2, -0.15) is 0 Å². The Kier molecular flexibility index (Phi) is 2190. The summed E-state index contributed by atoms with van der Waals surface area (Å²) in [7, 11) is 0. The zero-order chi connectivity index (χ0) is 0. The maximum absolute atomic E-state index is 0. The molecule has 0 radical (unpaired) electrons. The van der Waals surface area contributed by atoms with Crippen LogP contribution in [-0.4, -0.2) is 0 Å². The summed E-state index contributed by atoms with van der Waals surface area (Å²) >= 11 is 0. The molecule has 0 atom stereocenters. The van der Waals surface area contributed by atoms with Gasteiger partial charge in [-0.1, -0.05) is 0 Å².